The molecular weight excluding hydrogens is 375 g/mol. The van der Waals surface area contributed by atoms with Crippen molar-refractivity contribution in [2.24, 2.45) is 0 Å². The van der Waals surface area contributed by atoms with E-state index in [2.05, 4.69) is 20.4 Å². The molecule has 1 aliphatic carbocycles. The maximum atomic E-state index is 14.1. The van der Waals surface area contributed by atoms with Crippen molar-refractivity contribution in [1.82, 2.24) is 20.4 Å². The zero-order valence-corrected chi connectivity index (χ0v) is 15.7. The Morgan fingerprint density at radius 2 is 2.03 bits per heavy atom. The summed E-state index contributed by atoms with van der Waals surface area (Å²) in [5, 5.41) is 6.89. The Balaban J connectivity index is 1.30. The van der Waals surface area contributed by atoms with E-state index in [-0.39, 0.29) is 24.4 Å². The van der Waals surface area contributed by atoms with Crippen molar-refractivity contribution in [3.8, 4) is 17.1 Å². The lowest BCUT2D eigenvalue weighted by Crippen LogP contribution is -2.34. The van der Waals surface area contributed by atoms with E-state index in [1.54, 1.807) is 18.5 Å². The van der Waals surface area contributed by atoms with Crippen LogP contribution in [0.1, 0.15) is 40.2 Å². The quantitative estimate of drug-likeness (QED) is 0.732. The molecule has 7 nitrogen and oxygen atoms in total. The van der Waals surface area contributed by atoms with Gasteiger partial charge in [-0.2, -0.15) is 0 Å². The van der Waals surface area contributed by atoms with Gasteiger partial charge in [-0.05, 0) is 43.9 Å². The summed E-state index contributed by atoms with van der Waals surface area (Å²) in [6, 6.07) is 4.52. The van der Waals surface area contributed by atoms with Gasteiger partial charge in [-0.1, -0.05) is 5.16 Å². The number of nitrogens with one attached hydrogen (secondary N) is 1. The van der Waals surface area contributed by atoms with Crippen LogP contribution < -0.4 is 10.1 Å². The third-order valence-corrected chi connectivity index (χ3v) is 5.33. The smallest absolute Gasteiger partial charge is 0.290 e. The first-order chi connectivity index (χ1) is 14.2. The monoisotopic (exact) mass is 394 g/mol. The van der Waals surface area contributed by atoms with Crippen molar-refractivity contribution in [3.63, 3.8) is 0 Å². The number of aromatic nitrogens is 3. The van der Waals surface area contributed by atoms with Crippen molar-refractivity contribution < 1.29 is 18.4 Å². The van der Waals surface area contributed by atoms with Crippen molar-refractivity contribution in [1.29, 1.82) is 0 Å². The van der Waals surface area contributed by atoms with Gasteiger partial charge in [-0.25, -0.2) is 14.4 Å². The Labute approximate surface area is 166 Å². The van der Waals surface area contributed by atoms with Gasteiger partial charge in [0, 0.05) is 29.9 Å². The number of hydrogen-bond donors (Lipinski definition) is 1. The predicted octanol–water partition coefficient (Wildman–Crippen LogP) is 2.88. The van der Waals surface area contributed by atoms with Gasteiger partial charge in [-0.3, -0.25) is 4.79 Å². The highest BCUT2D eigenvalue weighted by Gasteiger charge is 2.29. The number of amides is 1. The van der Waals surface area contributed by atoms with Crippen LogP contribution in [0.25, 0.3) is 11.4 Å². The van der Waals surface area contributed by atoms with Gasteiger partial charge in [-0.15, -0.1) is 0 Å². The SMILES string of the molecule is O=C(NC[C@@H]1Cc2cc(F)cc(-c3ncccn3)c2O1)c1onc2c1CCCC2. The number of carbonyl (C=O) groups excluding carboxylic acids is 1. The van der Waals surface area contributed by atoms with Crippen molar-refractivity contribution in [3.05, 3.63) is 59.0 Å². The second kappa shape index (κ2) is 7.27. The molecule has 1 N–H and O–H groups in total. The van der Waals surface area contributed by atoms with Crippen LogP contribution in [-0.4, -0.2) is 33.7 Å². The third kappa shape index (κ3) is 3.35. The van der Waals surface area contributed by atoms with E-state index in [0.29, 0.717) is 29.3 Å². The number of carbonyl (C=O) groups is 1. The Kier molecular flexibility index (Phi) is 4.46. The summed E-state index contributed by atoms with van der Waals surface area (Å²) in [7, 11) is 0. The topological polar surface area (TPSA) is 90.1 Å². The zero-order chi connectivity index (χ0) is 19.8. The summed E-state index contributed by atoms with van der Waals surface area (Å²) in [5.41, 5.74) is 3.05. The van der Waals surface area contributed by atoms with Gasteiger partial charge in [0.25, 0.3) is 5.91 Å². The van der Waals surface area contributed by atoms with E-state index < -0.39 is 0 Å². The van der Waals surface area contributed by atoms with E-state index in [1.165, 1.54) is 12.1 Å². The van der Waals surface area contributed by atoms with Gasteiger partial charge in [0.05, 0.1) is 17.8 Å². The molecular formula is C21H19FN4O3. The third-order valence-electron chi connectivity index (χ3n) is 5.33. The Morgan fingerprint density at radius 3 is 2.90 bits per heavy atom. The van der Waals surface area contributed by atoms with E-state index in [4.69, 9.17) is 9.26 Å². The molecule has 0 saturated carbocycles. The molecule has 2 aromatic heterocycles. The number of nitrogens with zero attached hydrogens (tertiary/aromatic N) is 3. The maximum Gasteiger partial charge on any atom is 0.290 e. The largest absolute Gasteiger partial charge is 0.487 e. The molecule has 1 aromatic carbocycles. The molecule has 148 valence electrons. The second-order valence-electron chi connectivity index (χ2n) is 7.31. The van der Waals surface area contributed by atoms with E-state index in [9.17, 15) is 9.18 Å². The number of hydrogen-bond acceptors (Lipinski definition) is 6. The fourth-order valence-electron chi connectivity index (χ4n) is 3.97. The summed E-state index contributed by atoms with van der Waals surface area (Å²) < 4.78 is 25.4. The van der Waals surface area contributed by atoms with Crippen molar-refractivity contribution >= 4 is 5.91 Å². The predicted molar refractivity (Wildman–Crippen MR) is 101 cm³/mol. The Bertz CT molecular complexity index is 1070. The fourth-order valence-corrected chi connectivity index (χ4v) is 3.97. The number of ether oxygens (including phenoxy) is 1. The number of rotatable bonds is 4. The van der Waals surface area contributed by atoms with Crippen LogP contribution in [0.4, 0.5) is 4.39 Å². The Morgan fingerprint density at radius 1 is 1.21 bits per heavy atom. The zero-order valence-electron chi connectivity index (χ0n) is 15.7. The van der Waals surface area contributed by atoms with Gasteiger partial charge < -0.3 is 14.6 Å². The van der Waals surface area contributed by atoms with Crippen LogP contribution >= 0.6 is 0 Å². The summed E-state index contributed by atoms with van der Waals surface area (Å²) in [5.74, 6) is 0.598. The highest BCUT2D eigenvalue weighted by atomic mass is 19.1. The lowest BCUT2D eigenvalue weighted by molar-refractivity contribution is 0.0895. The first kappa shape index (κ1) is 17.8. The molecule has 1 amide bonds. The first-order valence-corrected chi connectivity index (χ1v) is 9.71. The van der Waals surface area contributed by atoms with Crippen LogP contribution in [0, 0.1) is 5.82 Å². The molecule has 0 unspecified atom stereocenters. The van der Waals surface area contributed by atoms with Crippen LogP contribution in [0.2, 0.25) is 0 Å². The molecule has 0 fully saturated rings. The van der Waals surface area contributed by atoms with Crippen LogP contribution in [-0.2, 0) is 19.3 Å². The van der Waals surface area contributed by atoms with Crippen molar-refractivity contribution in [2.45, 2.75) is 38.2 Å². The van der Waals surface area contributed by atoms with E-state index in [0.717, 1.165) is 42.5 Å². The van der Waals surface area contributed by atoms with Crippen LogP contribution in [0.15, 0.2) is 35.1 Å². The van der Waals surface area contributed by atoms with Gasteiger partial charge in [0.1, 0.15) is 17.7 Å². The maximum absolute atomic E-state index is 14.1. The van der Waals surface area contributed by atoms with Gasteiger partial charge >= 0.3 is 0 Å². The highest BCUT2D eigenvalue weighted by molar-refractivity contribution is 5.93. The lowest BCUT2D eigenvalue weighted by Gasteiger charge is -2.13. The normalized spacial score (nSPS) is 17.3. The number of fused-ring (bicyclic) bond motifs is 2. The first-order valence-electron chi connectivity index (χ1n) is 9.71. The molecule has 1 atom stereocenters. The Hall–Kier alpha value is -3.29. The molecule has 29 heavy (non-hydrogen) atoms. The minimum Gasteiger partial charge on any atom is -0.487 e. The molecule has 0 saturated heterocycles. The van der Waals surface area contributed by atoms with Crippen LogP contribution in [0.3, 0.4) is 0 Å². The van der Waals surface area contributed by atoms with E-state index >= 15 is 0 Å². The average molecular weight is 394 g/mol. The van der Waals surface area contributed by atoms with Crippen molar-refractivity contribution in [2.75, 3.05) is 6.54 Å². The molecule has 3 aromatic rings. The lowest BCUT2D eigenvalue weighted by atomic mass is 9.96. The van der Waals surface area contributed by atoms with Gasteiger partial charge in [0.2, 0.25) is 5.76 Å². The van der Waals surface area contributed by atoms with Crippen LogP contribution in [0.5, 0.6) is 5.75 Å². The summed E-state index contributed by atoms with van der Waals surface area (Å²) >= 11 is 0. The number of aryl methyl sites for hydroxylation is 1. The molecule has 0 radical (unpaired) electrons. The summed E-state index contributed by atoms with van der Waals surface area (Å²) in [4.78, 5) is 21.0. The molecule has 0 bridgehead atoms. The summed E-state index contributed by atoms with van der Waals surface area (Å²) in [6.45, 7) is 0.277. The number of benzene rings is 1. The molecule has 8 heteroatoms. The highest BCUT2D eigenvalue weighted by Crippen LogP contribution is 2.38. The fraction of sp³-hybridized carbons (Fsp3) is 0.333. The molecule has 3 heterocycles. The minimum atomic E-state index is -0.368. The minimum absolute atomic E-state index is 0.277. The molecule has 5 rings (SSSR count). The summed E-state index contributed by atoms with van der Waals surface area (Å²) in [6.07, 6.45) is 7.15. The molecule has 1 aliphatic heterocycles. The number of halogens is 1. The second-order valence-corrected chi connectivity index (χ2v) is 7.31. The average Bonchev–Trinajstić information content (AvgIpc) is 3.36. The van der Waals surface area contributed by atoms with Gasteiger partial charge in [0.15, 0.2) is 5.82 Å². The molecule has 2 aliphatic rings. The molecule has 0 spiro atoms. The standard InChI is InChI=1S/C21H19FN4O3/c22-13-8-12-9-14(28-18(12)16(10-13)20-23-6-3-7-24-20)11-25-21(27)19-15-4-1-2-5-17(15)26-29-19/h3,6-8,10,14H,1-2,4-5,9,11H2,(H,25,27)/t14-/m0/s1. The van der Waals surface area contributed by atoms with E-state index in [1.807, 2.05) is 0 Å².